The molecular formula is C19H15ClF2N2OS. The van der Waals surface area contributed by atoms with E-state index in [-0.39, 0.29) is 5.69 Å². The number of phenolic OH excluding ortho intramolecular Hbond substituents is 1. The number of nitrogen functional groups attached to an aromatic ring is 1. The minimum absolute atomic E-state index is 0.225. The molecule has 0 unspecified atom stereocenters. The van der Waals surface area contributed by atoms with Gasteiger partial charge in [-0.1, -0.05) is 23.4 Å². The van der Waals surface area contributed by atoms with Crippen molar-refractivity contribution < 1.29 is 13.9 Å². The van der Waals surface area contributed by atoms with Crippen LogP contribution in [0.5, 0.6) is 5.75 Å². The molecule has 4 N–H and O–H groups in total. The van der Waals surface area contributed by atoms with Crippen LogP contribution in [0.15, 0.2) is 64.4 Å². The standard InChI is InChI=1S/C19H15ClF2N2OS/c20-12-1-4-15(5-2-12)26-18-6-3-13(23)7-11(18)10-24-14-8-16(21)19(25)17(22)9-14/h1-9,24-25H,10,23H2. The highest BCUT2D eigenvalue weighted by Gasteiger charge is 2.11. The van der Waals surface area contributed by atoms with E-state index in [1.165, 1.54) is 11.8 Å². The first-order valence-corrected chi connectivity index (χ1v) is 8.85. The number of rotatable bonds is 5. The Labute approximate surface area is 158 Å². The molecule has 7 heteroatoms. The predicted molar refractivity (Wildman–Crippen MR) is 102 cm³/mol. The van der Waals surface area contributed by atoms with Gasteiger partial charge in [0, 0.05) is 44.9 Å². The van der Waals surface area contributed by atoms with Crippen molar-refractivity contribution in [2.75, 3.05) is 11.1 Å². The second-order valence-electron chi connectivity index (χ2n) is 5.57. The van der Waals surface area contributed by atoms with Crippen LogP contribution in [0, 0.1) is 11.6 Å². The summed E-state index contributed by atoms with van der Waals surface area (Å²) in [5, 5.41) is 12.8. The van der Waals surface area contributed by atoms with Crippen LogP contribution in [-0.4, -0.2) is 5.11 Å². The Morgan fingerprint density at radius 1 is 1.00 bits per heavy atom. The number of benzene rings is 3. The smallest absolute Gasteiger partial charge is 0.187 e. The molecule has 0 spiro atoms. The van der Waals surface area contributed by atoms with Gasteiger partial charge in [-0.05, 0) is 48.0 Å². The summed E-state index contributed by atoms with van der Waals surface area (Å²) in [6, 6.07) is 15.0. The third-order valence-corrected chi connectivity index (χ3v) is 5.00. The van der Waals surface area contributed by atoms with Gasteiger partial charge in [-0.15, -0.1) is 0 Å². The molecule has 0 amide bonds. The summed E-state index contributed by atoms with van der Waals surface area (Å²) in [6.45, 7) is 0.310. The summed E-state index contributed by atoms with van der Waals surface area (Å²) in [7, 11) is 0. The van der Waals surface area contributed by atoms with Crippen LogP contribution < -0.4 is 11.1 Å². The molecule has 0 radical (unpaired) electrons. The molecule has 3 nitrogen and oxygen atoms in total. The summed E-state index contributed by atoms with van der Waals surface area (Å²) in [5.41, 5.74) is 7.56. The Bertz CT molecular complexity index is 912. The van der Waals surface area contributed by atoms with E-state index < -0.39 is 17.4 Å². The Morgan fingerprint density at radius 2 is 1.65 bits per heavy atom. The van der Waals surface area contributed by atoms with Crippen molar-refractivity contribution in [3.63, 3.8) is 0 Å². The molecule has 0 saturated heterocycles. The van der Waals surface area contributed by atoms with E-state index in [4.69, 9.17) is 17.3 Å². The average molecular weight is 393 g/mol. The van der Waals surface area contributed by atoms with E-state index in [1.807, 2.05) is 18.2 Å². The van der Waals surface area contributed by atoms with Crippen molar-refractivity contribution in [2.24, 2.45) is 0 Å². The van der Waals surface area contributed by atoms with E-state index in [0.29, 0.717) is 17.3 Å². The maximum absolute atomic E-state index is 13.5. The van der Waals surface area contributed by atoms with E-state index in [9.17, 15) is 13.9 Å². The molecule has 0 atom stereocenters. The number of phenols is 1. The number of aromatic hydroxyl groups is 1. The average Bonchev–Trinajstić information content (AvgIpc) is 2.61. The maximum atomic E-state index is 13.5. The predicted octanol–water partition coefficient (Wildman–Crippen LogP) is 5.67. The fourth-order valence-electron chi connectivity index (χ4n) is 2.33. The summed E-state index contributed by atoms with van der Waals surface area (Å²) in [5.74, 6) is -3.02. The van der Waals surface area contributed by atoms with Crippen LogP contribution in [-0.2, 0) is 6.54 Å². The number of nitrogens with one attached hydrogen (secondary N) is 1. The highest BCUT2D eigenvalue weighted by Crippen LogP contribution is 2.33. The number of hydrogen-bond acceptors (Lipinski definition) is 4. The molecule has 0 aliphatic carbocycles. The van der Waals surface area contributed by atoms with Gasteiger partial charge in [-0.3, -0.25) is 0 Å². The van der Waals surface area contributed by atoms with Crippen molar-refractivity contribution in [3.8, 4) is 5.75 Å². The van der Waals surface area contributed by atoms with Crippen molar-refractivity contribution in [1.29, 1.82) is 0 Å². The molecule has 3 rings (SSSR count). The minimum Gasteiger partial charge on any atom is -0.503 e. The summed E-state index contributed by atoms with van der Waals surface area (Å²) >= 11 is 7.44. The Hall–Kier alpha value is -2.44. The van der Waals surface area contributed by atoms with Gasteiger partial charge in [0.1, 0.15) is 0 Å². The molecular weight excluding hydrogens is 378 g/mol. The minimum atomic E-state index is -1.02. The molecule has 0 saturated carbocycles. The lowest BCUT2D eigenvalue weighted by Gasteiger charge is -2.13. The lowest BCUT2D eigenvalue weighted by molar-refractivity contribution is 0.396. The quantitative estimate of drug-likeness (QED) is 0.387. The van der Waals surface area contributed by atoms with E-state index in [1.54, 1.807) is 24.3 Å². The molecule has 3 aromatic rings. The highest BCUT2D eigenvalue weighted by atomic mass is 35.5. The van der Waals surface area contributed by atoms with Gasteiger partial charge in [0.25, 0.3) is 0 Å². The topological polar surface area (TPSA) is 58.3 Å². The summed E-state index contributed by atoms with van der Waals surface area (Å²) in [6.07, 6.45) is 0. The molecule has 26 heavy (non-hydrogen) atoms. The van der Waals surface area contributed by atoms with Gasteiger partial charge in [0.05, 0.1) is 0 Å². The van der Waals surface area contributed by atoms with Gasteiger partial charge in [-0.2, -0.15) is 0 Å². The van der Waals surface area contributed by atoms with Crippen LogP contribution in [0.25, 0.3) is 0 Å². The van der Waals surface area contributed by atoms with Crippen LogP contribution in [0.2, 0.25) is 5.02 Å². The molecule has 0 fully saturated rings. The first kappa shape index (κ1) is 18.4. The third-order valence-electron chi connectivity index (χ3n) is 3.63. The maximum Gasteiger partial charge on any atom is 0.187 e. The second-order valence-corrected chi connectivity index (χ2v) is 7.12. The first-order chi connectivity index (χ1) is 12.4. The Kier molecular flexibility index (Phi) is 5.54. The van der Waals surface area contributed by atoms with Crippen LogP contribution in [0.3, 0.4) is 0 Å². The van der Waals surface area contributed by atoms with Crippen molar-refractivity contribution in [3.05, 3.63) is 76.8 Å². The highest BCUT2D eigenvalue weighted by molar-refractivity contribution is 7.99. The lowest BCUT2D eigenvalue weighted by Crippen LogP contribution is -2.03. The van der Waals surface area contributed by atoms with Crippen molar-refractivity contribution in [2.45, 2.75) is 16.3 Å². The SMILES string of the molecule is Nc1ccc(Sc2ccc(Cl)cc2)c(CNc2cc(F)c(O)c(F)c2)c1. The molecule has 0 aliphatic rings. The zero-order valence-electron chi connectivity index (χ0n) is 13.5. The zero-order valence-corrected chi connectivity index (χ0v) is 15.0. The fourth-order valence-corrected chi connectivity index (χ4v) is 3.38. The third kappa shape index (κ3) is 4.39. The molecule has 0 aliphatic heterocycles. The van der Waals surface area contributed by atoms with Gasteiger partial charge in [0.15, 0.2) is 17.4 Å². The number of nitrogens with two attached hydrogens (primary N) is 1. The van der Waals surface area contributed by atoms with E-state index in [2.05, 4.69) is 5.32 Å². The molecule has 134 valence electrons. The Morgan fingerprint density at radius 3 is 2.31 bits per heavy atom. The number of hydrogen-bond donors (Lipinski definition) is 3. The van der Waals surface area contributed by atoms with Crippen molar-refractivity contribution in [1.82, 2.24) is 0 Å². The largest absolute Gasteiger partial charge is 0.503 e. The van der Waals surface area contributed by atoms with Gasteiger partial charge < -0.3 is 16.2 Å². The van der Waals surface area contributed by atoms with Gasteiger partial charge in [-0.25, -0.2) is 8.78 Å². The molecule has 0 heterocycles. The van der Waals surface area contributed by atoms with Gasteiger partial charge in [0.2, 0.25) is 0 Å². The first-order valence-electron chi connectivity index (χ1n) is 7.66. The second kappa shape index (κ2) is 7.85. The van der Waals surface area contributed by atoms with E-state index >= 15 is 0 Å². The Balaban J connectivity index is 1.81. The summed E-state index contributed by atoms with van der Waals surface area (Å²) < 4.78 is 26.9. The van der Waals surface area contributed by atoms with E-state index in [0.717, 1.165) is 27.5 Å². The van der Waals surface area contributed by atoms with Crippen molar-refractivity contribution >= 4 is 34.7 Å². The lowest BCUT2D eigenvalue weighted by atomic mass is 10.2. The van der Waals surface area contributed by atoms with Crippen LogP contribution >= 0.6 is 23.4 Å². The zero-order chi connectivity index (χ0) is 18.7. The van der Waals surface area contributed by atoms with Crippen LogP contribution in [0.1, 0.15) is 5.56 Å². The molecule has 0 aromatic heterocycles. The number of anilines is 2. The van der Waals surface area contributed by atoms with Gasteiger partial charge >= 0.3 is 0 Å². The molecule has 3 aromatic carbocycles. The molecule has 0 bridgehead atoms. The fraction of sp³-hybridized carbons (Fsp3) is 0.0526. The monoisotopic (exact) mass is 392 g/mol. The normalized spacial score (nSPS) is 10.7. The summed E-state index contributed by atoms with van der Waals surface area (Å²) in [4.78, 5) is 1.95. The number of halogens is 3. The van der Waals surface area contributed by atoms with Crippen LogP contribution in [0.4, 0.5) is 20.2 Å².